The summed E-state index contributed by atoms with van der Waals surface area (Å²) in [6.45, 7) is 6.07. The molecule has 2 atom stereocenters. The largest absolute Gasteiger partial charge is 0.488 e. The van der Waals surface area contributed by atoms with Crippen LogP contribution in [0.2, 0.25) is 0 Å². The van der Waals surface area contributed by atoms with E-state index in [-0.39, 0.29) is 11.5 Å². The van der Waals surface area contributed by atoms with Crippen molar-refractivity contribution >= 4 is 11.6 Å². The molecule has 1 aromatic rings. The third kappa shape index (κ3) is 4.71. The first-order valence-corrected chi connectivity index (χ1v) is 8.72. The fraction of sp³-hybridized carbons (Fsp3) is 0.632. The van der Waals surface area contributed by atoms with Crippen molar-refractivity contribution in [1.29, 1.82) is 0 Å². The zero-order valence-corrected chi connectivity index (χ0v) is 14.4. The Hall–Kier alpha value is -1.55. The van der Waals surface area contributed by atoms with E-state index in [0.717, 1.165) is 24.3 Å². The summed E-state index contributed by atoms with van der Waals surface area (Å²) in [6, 6.07) is 8.91. The van der Waals surface area contributed by atoms with Crippen LogP contribution in [-0.4, -0.2) is 23.6 Å². The lowest BCUT2D eigenvalue weighted by Gasteiger charge is -2.28. The second-order valence-electron chi connectivity index (χ2n) is 7.97. The van der Waals surface area contributed by atoms with E-state index in [9.17, 15) is 4.79 Å². The van der Waals surface area contributed by atoms with E-state index in [1.807, 2.05) is 45.0 Å². The molecule has 1 amide bonds. The molecule has 4 nitrogen and oxygen atoms in total. The number of ether oxygens (including phenoxy) is 1. The molecule has 3 rings (SSSR count). The van der Waals surface area contributed by atoms with E-state index in [1.165, 1.54) is 12.8 Å². The number of hydrogen-bond acceptors (Lipinski definition) is 3. The fourth-order valence-corrected chi connectivity index (χ4v) is 3.78. The van der Waals surface area contributed by atoms with Crippen molar-refractivity contribution in [3.63, 3.8) is 0 Å². The maximum absolute atomic E-state index is 12.3. The first-order chi connectivity index (χ1) is 10.9. The van der Waals surface area contributed by atoms with Gasteiger partial charge in [0.05, 0.1) is 0 Å². The van der Waals surface area contributed by atoms with Gasteiger partial charge in [-0.1, -0.05) is 0 Å². The molecular weight excluding hydrogens is 288 g/mol. The predicted octanol–water partition coefficient (Wildman–Crippen LogP) is 3.72. The minimum Gasteiger partial charge on any atom is -0.488 e. The first-order valence-electron chi connectivity index (χ1n) is 8.72. The smallest absolute Gasteiger partial charge is 0.224 e. The molecule has 0 spiro atoms. The van der Waals surface area contributed by atoms with Crippen LogP contribution in [0.5, 0.6) is 5.75 Å². The number of rotatable bonds is 4. The van der Waals surface area contributed by atoms with Gasteiger partial charge in [-0.25, -0.2) is 0 Å². The van der Waals surface area contributed by atoms with Gasteiger partial charge in [-0.05, 0) is 76.6 Å². The summed E-state index contributed by atoms with van der Waals surface area (Å²) < 4.78 is 5.79. The van der Waals surface area contributed by atoms with Crippen LogP contribution < -0.4 is 15.4 Å². The molecule has 2 bridgehead atoms. The summed E-state index contributed by atoms with van der Waals surface area (Å²) in [6.07, 6.45) is 5.47. The van der Waals surface area contributed by atoms with Crippen LogP contribution in [-0.2, 0) is 4.79 Å². The van der Waals surface area contributed by atoms with Gasteiger partial charge in [0.2, 0.25) is 5.91 Å². The van der Waals surface area contributed by atoms with Gasteiger partial charge in [-0.3, -0.25) is 4.79 Å². The monoisotopic (exact) mass is 316 g/mol. The number of nitrogens with one attached hydrogen (secondary N) is 2. The van der Waals surface area contributed by atoms with Crippen molar-refractivity contribution in [2.45, 2.75) is 70.6 Å². The molecule has 2 unspecified atom stereocenters. The second-order valence-corrected chi connectivity index (χ2v) is 7.97. The lowest BCUT2D eigenvalue weighted by atomic mass is 9.89. The maximum Gasteiger partial charge on any atom is 0.224 e. The molecule has 2 fully saturated rings. The molecule has 2 heterocycles. The summed E-state index contributed by atoms with van der Waals surface area (Å²) in [5.41, 5.74) is 0.632. The quantitative estimate of drug-likeness (QED) is 0.890. The molecule has 2 aliphatic heterocycles. The number of carbonyl (C=O) groups is 1. The van der Waals surface area contributed by atoms with Gasteiger partial charge in [-0.15, -0.1) is 0 Å². The summed E-state index contributed by atoms with van der Waals surface area (Å²) in [4.78, 5) is 12.3. The van der Waals surface area contributed by atoms with Gasteiger partial charge < -0.3 is 15.4 Å². The number of carbonyl (C=O) groups excluding carboxylic acids is 1. The number of amides is 1. The van der Waals surface area contributed by atoms with Crippen LogP contribution in [0, 0.1) is 5.92 Å². The van der Waals surface area contributed by atoms with Crippen LogP contribution in [0.4, 0.5) is 5.69 Å². The van der Waals surface area contributed by atoms with Crippen LogP contribution in [0.3, 0.4) is 0 Å². The van der Waals surface area contributed by atoms with Gasteiger partial charge in [0, 0.05) is 24.2 Å². The van der Waals surface area contributed by atoms with Gasteiger partial charge in [0.15, 0.2) is 0 Å². The second kappa shape index (κ2) is 6.52. The van der Waals surface area contributed by atoms with Crippen molar-refractivity contribution in [2.75, 3.05) is 5.32 Å². The first kappa shape index (κ1) is 16.3. The molecule has 2 N–H and O–H groups in total. The molecule has 2 saturated heterocycles. The third-order valence-electron chi connectivity index (χ3n) is 4.61. The molecule has 2 aliphatic rings. The zero-order chi connectivity index (χ0) is 16.4. The number of anilines is 1. The molecule has 0 radical (unpaired) electrons. The predicted molar refractivity (Wildman–Crippen MR) is 92.7 cm³/mol. The Kier molecular flexibility index (Phi) is 4.62. The Labute approximate surface area is 139 Å². The lowest BCUT2D eigenvalue weighted by molar-refractivity contribution is -0.117. The Morgan fingerprint density at radius 1 is 1.17 bits per heavy atom. The Bertz CT molecular complexity index is 535. The van der Waals surface area contributed by atoms with Crippen LogP contribution in [0.1, 0.15) is 52.9 Å². The Balaban J connectivity index is 1.50. The van der Waals surface area contributed by atoms with E-state index in [1.54, 1.807) is 0 Å². The van der Waals surface area contributed by atoms with Gasteiger partial charge in [0.25, 0.3) is 0 Å². The van der Waals surface area contributed by atoms with Crippen molar-refractivity contribution in [2.24, 2.45) is 5.92 Å². The highest BCUT2D eigenvalue weighted by Gasteiger charge is 2.34. The minimum atomic E-state index is -0.209. The van der Waals surface area contributed by atoms with Crippen LogP contribution in [0.25, 0.3) is 0 Å². The standard InChI is InChI=1S/C19H28N2O2/c1-19(2,3)23-17-8-6-14(7-9-17)21-18(22)12-13-10-15-4-5-16(11-13)20-15/h6-9,13,15-16,20H,4-5,10-12H2,1-3H3,(H,21,22). The van der Waals surface area contributed by atoms with E-state index in [0.29, 0.717) is 24.4 Å². The van der Waals surface area contributed by atoms with E-state index < -0.39 is 0 Å². The summed E-state index contributed by atoms with van der Waals surface area (Å²) in [5, 5.41) is 6.64. The molecule has 0 saturated carbocycles. The molecule has 0 aliphatic carbocycles. The molecule has 0 aromatic heterocycles. The normalized spacial score (nSPS) is 26.8. The third-order valence-corrected chi connectivity index (χ3v) is 4.61. The van der Waals surface area contributed by atoms with Gasteiger partial charge in [0.1, 0.15) is 11.4 Å². The topological polar surface area (TPSA) is 50.4 Å². The van der Waals surface area contributed by atoms with Crippen LogP contribution in [0.15, 0.2) is 24.3 Å². The highest BCUT2D eigenvalue weighted by atomic mass is 16.5. The zero-order valence-electron chi connectivity index (χ0n) is 14.4. The highest BCUT2D eigenvalue weighted by molar-refractivity contribution is 5.90. The van der Waals surface area contributed by atoms with E-state index >= 15 is 0 Å². The molecule has 23 heavy (non-hydrogen) atoms. The van der Waals surface area contributed by atoms with Crippen molar-refractivity contribution in [1.82, 2.24) is 5.32 Å². The maximum atomic E-state index is 12.3. The lowest BCUT2D eigenvalue weighted by Crippen LogP contribution is -2.39. The summed E-state index contributed by atoms with van der Waals surface area (Å²) >= 11 is 0. The highest BCUT2D eigenvalue weighted by Crippen LogP contribution is 2.32. The van der Waals surface area contributed by atoms with Crippen molar-refractivity contribution in [3.05, 3.63) is 24.3 Å². The number of hydrogen-bond donors (Lipinski definition) is 2. The number of piperidine rings is 1. The minimum absolute atomic E-state index is 0.126. The Morgan fingerprint density at radius 2 is 1.78 bits per heavy atom. The van der Waals surface area contributed by atoms with Crippen molar-refractivity contribution in [3.8, 4) is 5.75 Å². The average molecular weight is 316 g/mol. The Morgan fingerprint density at radius 3 is 2.35 bits per heavy atom. The number of fused-ring (bicyclic) bond motifs is 2. The molecule has 126 valence electrons. The molecular formula is C19H28N2O2. The van der Waals surface area contributed by atoms with Crippen molar-refractivity contribution < 1.29 is 9.53 Å². The summed E-state index contributed by atoms with van der Waals surface area (Å²) in [7, 11) is 0. The van der Waals surface area contributed by atoms with Gasteiger partial charge in [-0.2, -0.15) is 0 Å². The summed E-state index contributed by atoms with van der Waals surface area (Å²) in [5.74, 6) is 1.48. The SMILES string of the molecule is CC(C)(C)Oc1ccc(NC(=O)CC2CC3CCC(C2)N3)cc1. The number of benzene rings is 1. The van der Waals surface area contributed by atoms with Gasteiger partial charge >= 0.3 is 0 Å². The van der Waals surface area contributed by atoms with E-state index in [4.69, 9.17) is 4.74 Å². The van der Waals surface area contributed by atoms with E-state index in [2.05, 4.69) is 10.6 Å². The average Bonchev–Trinajstić information content (AvgIpc) is 2.78. The molecule has 4 heteroatoms. The molecule has 1 aromatic carbocycles. The fourth-order valence-electron chi connectivity index (χ4n) is 3.78. The van der Waals surface area contributed by atoms with Crippen LogP contribution >= 0.6 is 0 Å².